The van der Waals surface area contributed by atoms with Crippen molar-refractivity contribution in [3.8, 4) is 0 Å². The lowest BCUT2D eigenvalue weighted by molar-refractivity contribution is 0.467. The number of nitrogens with two attached hydrogens (primary N) is 1. The van der Waals surface area contributed by atoms with Crippen molar-refractivity contribution in [2.45, 2.75) is 19.9 Å². The fourth-order valence-electron chi connectivity index (χ4n) is 1.63. The predicted molar refractivity (Wildman–Crippen MR) is 75.6 cm³/mol. The molecule has 2 aromatic heterocycles. The number of rotatable bonds is 4. The van der Waals surface area contributed by atoms with Crippen LogP contribution >= 0.6 is 12.2 Å². The Morgan fingerprint density at radius 3 is 2.67 bits per heavy atom. The lowest BCUT2D eigenvalue weighted by atomic mass is 10.2. The molecule has 94 valence electrons. The highest BCUT2D eigenvalue weighted by Gasteiger charge is 2.09. The highest BCUT2D eigenvalue weighted by molar-refractivity contribution is 7.80. The SMILES string of the molecule is Cc1ccc(C(C)Nc2ccc(C(N)=S)nc2)o1. The molecule has 2 aromatic rings. The summed E-state index contributed by atoms with van der Waals surface area (Å²) in [6.07, 6.45) is 1.71. The van der Waals surface area contributed by atoms with Gasteiger partial charge in [-0.15, -0.1) is 0 Å². The van der Waals surface area contributed by atoms with Gasteiger partial charge in [-0.2, -0.15) is 0 Å². The second-order valence-corrected chi connectivity index (χ2v) is 4.55. The van der Waals surface area contributed by atoms with Gasteiger partial charge in [-0.05, 0) is 38.1 Å². The molecular weight excluding hydrogens is 246 g/mol. The summed E-state index contributed by atoms with van der Waals surface area (Å²) in [5.74, 6) is 1.80. The standard InChI is InChI=1S/C13H15N3OS/c1-8-3-6-12(17-8)9(2)16-10-4-5-11(13(14)18)15-7-10/h3-7,9,16H,1-2H3,(H2,14,18). The Morgan fingerprint density at radius 2 is 2.17 bits per heavy atom. The van der Waals surface area contributed by atoms with Crippen LogP contribution in [0.2, 0.25) is 0 Å². The number of aryl methyl sites for hydroxylation is 1. The van der Waals surface area contributed by atoms with Gasteiger partial charge in [0.25, 0.3) is 0 Å². The van der Waals surface area contributed by atoms with E-state index in [2.05, 4.69) is 10.3 Å². The van der Waals surface area contributed by atoms with Crippen LogP contribution in [0.5, 0.6) is 0 Å². The molecule has 0 aromatic carbocycles. The Bertz CT molecular complexity index is 548. The van der Waals surface area contributed by atoms with Crippen LogP contribution in [-0.2, 0) is 0 Å². The van der Waals surface area contributed by atoms with Crippen LogP contribution < -0.4 is 11.1 Å². The molecule has 0 aliphatic carbocycles. The van der Waals surface area contributed by atoms with Crippen molar-refractivity contribution < 1.29 is 4.42 Å². The van der Waals surface area contributed by atoms with E-state index in [0.29, 0.717) is 10.7 Å². The van der Waals surface area contributed by atoms with Crippen LogP contribution in [0.25, 0.3) is 0 Å². The molecule has 4 nitrogen and oxygen atoms in total. The zero-order valence-electron chi connectivity index (χ0n) is 10.3. The number of hydrogen-bond donors (Lipinski definition) is 2. The monoisotopic (exact) mass is 261 g/mol. The molecule has 0 aliphatic rings. The van der Waals surface area contributed by atoms with Gasteiger partial charge in [-0.25, -0.2) is 0 Å². The average Bonchev–Trinajstić information content (AvgIpc) is 2.76. The fraction of sp³-hybridized carbons (Fsp3) is 0.231. The van der Waals surface area contributed by atoms with Gasteiger partial charge in [0.1, 0.15) is 16.5 Å². The lowest BCUT2D eigenvalue weighted by Crippen LogP contribution is -2.12. The molecular formula is C13H15N3OS. The van der Waals surface area contributed by atoms with Crippen molar-refractivity contribution in [3.63, 3.8) is 0 Å². The zero-order chi connectivity index (χ0) is 13.1. The van der Waals surface area contributed by atoms with Crippen molar-refractivity contribution in [1.82, 2.24) is 4.98 Å². The number of thiocarbonyl (C=S) groups is 1. The van der Waals surface area contributed by atoms with Crippen LogP contribution in [0.3, 0.4) is 0 Å². The number of hydrogen-bond acceptors (Lipinski definition) is 4. The average molecular weight is 261 g/mol. The number of nitrogens with one attached hydrogen (secondary N) is 1. The molecule has 0 aliphatic heterocycles. The van der Waals surface area contributed by atoms with E-state index in [1.165, 1.54) is 0 Å². The van der Waals surface area contributed by atoms with Gasteiger partial charge in [-0.1, -0.05) is 12.2 Å². The highest BCUT2D eigenvalue weighted by Crippen LogP contribution is 2.20. The Hall–Kier alpha value is -1.88. The maximum absolute atomic E-state index is 5.56. The van der Waals surface area contributed by atoms with Gasteiger partial charge >= 0.3 is 0 Å². The summed E-state index contributed by atoms with van der Waals surface area (Å²) in [5, 5.41) is 3.30. The largest absolute Gasteiger partial charge is 0.464 e. The van der Waals surface area contributed by atoms with Crippen molar-refractivity contribution >= 4 is 22.9 Å². The van der Waals surface area contributed by atoms with E-state index < -0.39 is 0 Å². The van der Waals surface area contributed by atoms with Crippen LogP contribution in [0.4, 0.5) is 5.69 Å². The Balaban J connectivity index is 2.07. The summed E-state index contributed by atoms with van der Waals surface area (Å²) < 4.78 is 5.56. The number of furan rings is 1. The third-order valence-electron chi connectivity index (χ3n) is 2.59. The molecule has 0 radical (unpaired) electrons. The molecule has 0 spiro atoms. The van der Waals surface area contributed by atoms with Crippen LogP contribution in [0, 0.1) is 6.92 Å². The topological polar surface area (TPSA) is 64.1 Å². The Labute approximate surface area is 111 Å². The number of nitrogens with zero attached hydrogens (tertiary/aromatic N) is 1. The summed E-state index contributed by atoms with van der Waals surface area (Å²) in [6, 6.07) is 7.68. The number of pyridine rings is 1. The maximum atomic E-state index is 5.56. The second kappa shape index (κ2) is 5.18. The number of aromatic nitrogens is 1. The van der Waals surface area contributed by atoms with Crippen LogP contribution in [0.15, 0.2) is 34.9 Å². The lowest BCUT2D eigenvalue weighted by Gasteiger charge is -2.12. The molecule has 5 heteroatoms. The zero-order valence-corrected chi connectivity index (χ0v) is 11.1. The number of anilines is 1. The fourth-order valence-corrected chi connectivity index (χ4v) is 1.75. The molecule has 0 bridgehead atoms. The third-order valence-corrected chi connectivity index (χ3v) is 2.80. The van der Waals surface area contributed by atoms with Gasteiger partial charge in [0, 0.05) is 0 Å². The summed E-state index contributed by atoms with van der Waals surface area (Å²) in [4.78, 5) is 4.47. The van der Waals surface area contributed by atoms with Gasteiger partial charge in [0.15, 0.2) is 0 Å². The van der Waals surface area contributed by atoms with Crippen molar-refractivity contribution in [3.05, 3.63) is 47.7 Å². The molecule has 1 unspecified atom stereocenters. The first-order valence-electron chi connectivity index (χ1n) is 5.65. The highest BCUT2D eigenvalue weighted by atomic mass is 32.1. The quantitative estimate of drug-likeness (QED) is 0.829. The first-order valence-corrected chi connectivity index (χ1v) is 6.06. The third kappa shape index (κ3) is 2.87. The maximum Gasteiger partial charge on any atom is 0.126 e. The second-order valence-electron chi connectivity index (χ2n) is 4.11. The van der Waals surface area contributed by atoms with E-state index in [1.807, 2.05) is 32.0 Å². The molecule has 2 heterocycles. The minimum atomic E-state index is 0.0798. The van der Waals surface area contributed by atoms with Crippen molar-refractivity contribution in [1.29, 1.82) is 0 Å². The summed E-state index contributed by atoms with van der Waals surface area (Å²) >= 11 is 4.85. The molecule has 0 saturated heterocycles. The van der Waals surface area contributed by atoms with Crippen LogP contribution in [-0.4, -0.2) is 9.97 Å². The van der Waals surface area contributed by atoms with E-state index in [9.17, 15) is 0 Å². The normalized spacial score (nSPS) is 12.1. The van der Waals surface area contributed by atoms with E-state index in [4.69, 9.17) is 22.4 Å². The Morgan fingerprint density at radius 1 is 1.39 bits per heavy atom. The van der Waals surface area contributed by atoms with Crippen molar-refractivity contribution in [2.75, 3.05) is 5.32 Å². The molecule has 0 amide bonds. The van der Waals surface area contributed by atoms with Gasteiger partial charge < -0.3 is 15.5 Å². The van der Waals surface area contributed by atoms with Gasteiger partial charge in [0.05, 0.1) is 23.6 Å². The van der Waals surface area contributed by atoms with Crippen LogP contribution in [0.1, 0.15) is 30.2 Å². The smallest absolute Gasteiger partial charge is 0.126 e. The van der Waals surface area contributed by atoms with E-state index in [-0.39, 0.29) is 6.04 Å². The molecule has 0 fully saturated rings. The van der Waals surface area contributed by atoms with Gasteiger partial charge in [-0.3, -0.25) is 4.98 Å². The van der Waals surface area contributed by atoms with Gasteiger partial charge in [0.2, 0.25) is 0 Å². The summed E-state index contributed by atoms with van der Waals surface area (Å²) in [7, 11) is 0. The minimum absolute atomic E-state index is 0.0798. The predicted octanol–water partition coefficient (Wildman–Crippen LogP) is 2.79. The molecule has 3 N–H and O–H groups in total. The Kier molecular flexibility index (Phi) is 3.62. The summed E-state index contributed by atoms with van der Waals surface area (Å²) in [5.41, 5.74) is 7.01. The summed E-state index contributed by atoms with van der Waals surface area (Å²) in [6.45, 7) is 3.95. The molecule has 1 atom stereocenters. The minimum Gasteiger partial charge on any atom is -0.464 e. The van der Waals surface area contributed by atoms with E-state index >= 15 is 0 Å². The first-order chi connectivity index (χ1) is 8.56. The first kappa shape index (κ1) is 12.6. The molecule has 2 rings (SSSR count). The van der Waals surface area contributed by atoms with E-state index in [0.717, 1.165) is 17.2 Å². The molecule has 0 saturated carbocycles. The molecule has 18 heavy (non-hydrogen) atoms. The van der Waals surface area contributed by atoms with E-state index in [1.54, 1.807) is 12.3 Å². The van der Waals surface area contributed by atoms with Crippen molar-refractivity contribution in [2.24, 2.45) is 5.73 Å².